The molecular weight excluding hydrogens is 340 g/mol. The highest BCUT2D eigenvalue weighted by Crippen LogP contribution is 2.25. The van der Waals surface area contributed by atoms with Crippen molar-refractivity contribution < 1.29 is 14.3 Å². The summed E-state index contributed by atoms with van der Waals surface area (Å²) in [6.45, 7) is 3.44. The van der Waals surface area contributed by atoms with Crippen LogP contribution in [0.25, 0.3) is 0 Å². The van der Waals surface area contributed by atoms with Gasteiger partial charge in [-0.1, -0.05) is 43.7 Å². The van der Waals surface area contributed by atoms with Gasteiger partial charge >= 0.3 is 0 Å². The summed E-state index contributed by atoms with van der Waals surface area (Å²) < 4.78 is 5.63. The highest BCUT2D eigenvalue weighted by molar-refractivity contribution is 6.22. The van der Waals surface area contributed by atoms with Gasteiger partial charge in [0, 0.05) is 0 Å². The third-order valence-corrected chi connectivity index (χ3v) is 4.66. The molecule has 3 rings (SSSR count). The number of hydrogen-bond acceptors (Lipinski definition) is 4. The summed E-state index contributed by atoms with van der Waals surface area (Å²) in [4.78, 5) is 26.3. The van der Waals surface area contributed by atoms with Gasteiger partial charge in [0.05, 0.1) is 24.8 Å². The van der Waals surface area contributed by atoms with Crippen molar-refractivity contribution in [2.24, 2.45) is 0 Å². The van der Waals surface area contributed by atoms with E-state index in [1.807, 2.05) is 30.3 Å². The first-order valence-corrected chi connectivity index (χ1v) is 9.56. The Kier molecular flexibility index (Phi) is 6.60. The molecule has 1 heterocycles. The number of imide groups is 1. The molecule has 0 bridgehead atoms. The van der Waals surface area contributed by atoms with E-state index < -0.39 is 6.04 Å². The van der Waals surface area contributed by atoms with Gasteiger partial charge in [-0.25, -0.2) is 4.90 Å². The summed E-state index contributed by atoms with van der Waals surface area (Å²) in [6.07, 6.45) is 3.10. The molecule has 1 aliphatic rings. The number of hydrogen-bond donors (Lipinski definition) is 1. The van der Waals surface area contributed by atoms with Crippen molar-refractivity contribution in [2.75, 3.05) is 18.1 Å². The molecule has 1 fully saturated rings. The molecule has 27 heavy (non-hydrogen) atoms. The fourth-order valence-electron chi connectivity index (χ4n) is 3.12. The van der Waals surface area contributed by atoms with Crippen LogP contribution in [0.3, 0.4) is 0 Å². The van der Waals surface area contributed by atoms with E-state index in [1.165, 1.54) is 10.5 Å². The molecule has 1 aliphatic heterocycles. The van der Waals surface area contributed by atoms with Gasteiger partial charge in [-0.15, -0.1) is 0 Å². The van der Waals surface area contributed by atoms with Gasteiger partial charge in [0.2, 0.25) is 5.91 Å². The Bertz CT molecular complexity index is 759. The molecule has 1 N–H and O–H groups in total. The topological polar surface area (TPSA) is 58.6 Å². The minimum atomic E-state index is -0.457. The number of unbranched alkanes of at least 4 members (excludes halogenated alkanes) is 1. The minimum absolute atomic E-state index is 0.170. The number of nitrogens with zero attached hydrogens (tertiary/aromatic N) is 1. The zero-order valence-electron chi connectivity index (χ0n) is 15.7. The average Bonchev–Trinajstić information content (AvgIpc) is 2.97. The number of benzene rings is 2. The lowest BCUT2D eigenvalue weighted by Gasteiger charge is -2.16. The van der Waals surface area contributed by atoms with Gasteiger partial charge in [-0.3, -0.25) is 9.59 Å². The van der Waals surface area contributed by atoms with Crippen LogP contribution < -0.4 is 15.0 Å². The van der Waals surface area contributed by atoms with E-state index in [9.17, 15) is 9.59 Å². The van der Waals surface area contributed by atoms with Crippen molar-refractivity contribution in [2.45, 2.75) is 38.6 Å². The van der Waals surface area contributed by atoms with E-state index in [0.717, 1.165) is 25.0 Å². The maximum Gasteiger partial charge on any atom is 0.251 e. The minimum Gasteiger partial charge on any atom is -0.494 e. The fraction of sp³-hybridized carbons (Fsp3) is 0.364. The predicted molar refractivity (Wildman–Crippen MR) is 106 cm³/mol. The van der Waals surface area contributed by atoms with E-state index in [4.69, 9.17) is 4.74 Å². The van der Waals surface area contributed by atoms with Gasteiger partial charge in [0.25, 0.3) is 5.91 Å². The first-order chi connectivity index (χ1) is 13.2. The number of amides is 2. The third-order valence-electron chi connectivity index (χ3n) is 4.66. The Morgan fingerprint density at radius 2 is 1.81 bits per heavy atom. The van der Waals surface area contributed by atoms with Crippen LogP contribution in [-0.4, -0.2) is 31.0 Å². The number of rotatable bonds is 9. The molecule has 0 unspecified atom stereocenters. The Morgan fingerprint density at radius 3 is 2.52 bits per heavy atom. The molecule has 2 amide bonds. The van der Waals surface area contributed by atoms with Crippen molar-refractivity contribution in [3.05, 3.63) is 60.2 Å². The molecule has 1 saturated heterocycles. The Balaban J connectivity index is 1.55. The van der Waals surface area contributed by atoms with Gasteiger partial charge in [0.1, 0.15) is 5.75 Å². The summed E-state index contributed by atoms with van der Waals surface area (Å²) in [7, 11) is 0. The van der Waals surface area contributed by atoms with Crippen LogP contribution in [0.1, 0.15) is 31.7 Å². The molecule has 0 saturated carbocycles. The molecule has 0 aromatic heterocycles. The number of nitrogens with one attached hydrogen (secondary N) is 1. The molecule has 0 spiro atoms. The first kappa shape index (κ1) is 19.1. The van der Waals surface area contributed by atoms with Crippen LogP contribution in [0.2, 0.25) is 0 Å². The Morgan fingerprint density at radius 1 is 1.07 bits per heavy atom. The third kappa shape index (κ3) is 4.95. The molecule has 1 atom stereocenters. The second-order valence-corrected chi connectivity index (χ2v) is 6.71. The van der Waals surface area contributed by atoms with Crippen LogP contribution in [0.15, 0.2) is 54.6 Å². The van der Waals surface area contributed by atoms with Gasteiger partial charge in [-0.2, -0.15) is 0 Å². The second-order valence-electron chi connectivity index (χ2n) is 6.71. The van der Waals surface area contributed by atoms with Crippen molar-refractivity contribution in [3.63, 3.8) is 0 Å². The van der Waals surface area contributed by atoms with Crippen LogP contribution in [0.5, 0.6) is 5.75 Å². The number of carbonyl (C=O) groups is 2. The van der Waals surface area contributed by atoms with E-state index in [-0.39, 0.29) is 18.2 Å². The van der Waals surface area contributed by atoms with Gasteiger partial charge in [-0.05, 0) is 49.2 Å². The van der Waals surface area contributed by atoms with Crippen LogP contribution >= 0.6 is 0 Å². The second kappa shape index (κ2) is 9.33. The predicted octanol–water partition coefficient (Wildman–Crippen LogP) is 3.33. The quantitative estimate of drug-likeness (QED) is 0.546. The van der Waals surface area contributed by atoms with Gasteiger partial charge in [0.15, 0.2) is 0 Å². The summed E-state index contributed by atoms with van der Waals surface area (Å²) in [5.74, 6) is 0.397. The zero-order chi connectivity index (χ0) is 19.1. The van der Waals surface area contributed by atoms with Crippen molar-refractivity contribution in [1.82, 2.24) is 5.32 Å². The molecule has 0 aliphatic carbocycles. The van der Waals surface area contributed by atoms with E-state index in [2.05, 4.69) is 24.4 Å². The maximum atomic E-state index is 12.7. The first-order valence-electron chi connectivity index (χ1n) is 9.56. The lowest BCUT2D eigenvalue weighted by Crippen LogP contribution is -2.39. The standard InChI is InChI=1S/C22H26N2O3/c1-2-3-15-27-19-11-9-18(10-12-19)24-21(25)16-20(22(24)26)23-14-13-17-7-5-4-6-8-17/h4-12,20,23H,2-3,13-16H2,1H3/t20-/m1/s1. The van der Waals surface area contributed by atoms with Crippen LogP contribution in [0, 0.1) is 0 Å². The van der Waals surface area contributed by atoms with Crippen molar-refractivity contribution in [1.29, 1.82) is 0 Å². The fourth-order valence-corrected chi connectivity index (χ4v) is 3.12. The number of carbonyl (C=O) groups excluding carboxylic acids is 2. The normalized spacial score (nSPS) is 16.8. The van der Waals surface area contributed by atoms with Crippen LogP contribution in [0.4, 0.5) is 5.69 Å². The smallest absolute Gasteiger partial charge is 0.251 e. The number of ether oxygens (including phenoxy) is 1. The Hall–Kier alpha value is -2.66. The molecule has 5 heteroatoms. The molecule has 0 radical (unpaired) electrons. The molecule has 2 aromatic carbocycles. The molecule has 142 valence electrons. The summed E-state index contributed by atoms with van der Waals surface area (Å²) in [6, 6.07) is 16.8. The van der Waals surface area contributed by atoms with Crippen molar-refractivity contribution >= 4 is 17.5 Å². The average molecular weight is 366 g/mol. The lowest BCUT2D eigenvalue weighted by atomic mass is 10.1. The highest BCUT2D eigenvalue weighted by atomic mass is 16.5. The van der Waals surface area contributed by atoms with E-state index >= 15 is 0 Å². The maximum absolute atomic E-state index is 12.7. The summed E-state index contributed by atoms with van der Waals surface area (Å²) in [5, 5.41) is 3.22. The monoisotopic (exact) mass is 366 g/mol. The molecular formula is C22H26N2O3. The summed E-state index contributed by atoms with van der Waals surface area (Å²) >= 11 is 0. The SMILES string of the molecule is CCCCOc1ccc(N2C(=O)C[C@@H](NCCc3ccccc3)C2=O)cc1. The van der Waals surface area contributed by atoms with Crippen LogP contribution in [-0.2, 0) is 16.0 Å². The lowest BCUT2D eigenvalue weighted by molar-refractivity contribution is -0.121. The van der Waals surface area contributed by atoms with Gasteiger partial charge < -0.3 is 10.1 Å². The molecule has 2 aromatic rings. The Labute approximate surface area is 160 Å². The summed E-state index contributed by atoms with van der Waals surface area (Å²) in [5.41, 5.74) is 1.80. The highest BCUT2D eigenvalue weighted by Gasteiger charge is 2.39. The largest absolute Gasteiger partial charge is 0.494 e. The van der Waals surface area contributed by atoms with E-state index in [1.54, 1.807) is 12.1 Å². The van der Waals surface area contributed by atoms with E-state index in [0.29, 0.717) is 18.8 Å². The number of anilines is 1. The zero-order valence-corrected chi connectivity index (χ0v) is 15.7. The molecule has 5 nitrogen and oxygen atoms in total. The van der Waals surface area contributed by atoms with Crippen molar-refractivity contribution in [3.8, 4) is 5.75 Å².